The molecule has 0 spiro atoms. The van der Waals surface area contributed by atoms with Gasteiger partial charge >= 0.3 is 0 Å². The topological polar surface area (TPSA) is 12.4 Å². The van der Waals surface area contributed by atoms with Gasteiger partial charge in [0.15, 0.2) is 0 Å². The third-order valence-electron chi connectivity index (χ3n) is 4.65. The Morgan fingerprint density at radius 1 is 0.962 bits per heavy atom. The van der Waals surface area contributed by atoms with Crippen LogP contribution in [-0.2, 0) is 21.7 Å². The maximum atomic E-state index is 4.97. The van der Waals surface area contributed by atoms with Crippen LogP contribution in [0.15, 0.2) is 52.0 Å². The number of rotatable bonds is 7. The summed E-state index contributed by atoms with van der Waals surface area (Å²) in [7, 11) is -0.971. The zero-order valence-corrected chi connectivity index (χ0v) is 21.2. The van der Waals surface area contributed by atoms with Crippen LogP contribution in [0.1, 0.15) is 68.7 Å². The molecule has 0 atom stereocenters. The fourth-order valence-electron chi connectivity index (χ4n) is 2.93. The Balaban J connectivity index is 0. The molecule has 0 heterocycles. The molecule has 0 amide bonds. The minimum Gasteiger partial charge on any atom is -0.272 e. The van der Waals surface area contributed by atoms with Crippen molar-refractivity contribution in [3.63, 3.8) is 0 Å². The van der Waals surface area contributed by atoms with E-state index in [1.807, 2.05) is 0 Å². The van der Waals surface area contributed by atoms with Gasteiger partial charge in [0.05, 0.1) is 0 Å². The summed E-state index contributed by atoms with van der Waals surface area (Å²) in [4.78, 5) is 0. The molecule has 0 aliphatic heterocycles. The summed E-state index contributed by atoms with van der Waals surface area (Å²) in [6.45, 7) is 20.1. The zero-order valence-electron chi connectivity index (χ0n) is 18.8. The van der Waals surface area contributed by atoms with Crippen LogP contribution in [0.4, 0.5) is 0 Å². The third kappa shape index (κ3) is 11.6. The van der Waals surface area contributed by atoms with Gasteiger partial charge in [-0.2, -0.15) is 0 Å². The van der Waals surface area contributed by atoms with Gasteiger partial charge in [-0.1, -0.05) is 83.9 Å². The molecule has 0 fully saturated rings. The SMILES string of the molecule is CC(=CC(C)C)C(C)=CC(C)C.CCP(CC)(CC)=NC1=CC=CC1.[Ti]. The predicted molar refractivity (Wildman–Crippen MR) is 120 cm³/mol. The normalized spacial score (nSPS) is 14.8. The number of nitrogens with zero attached hydrogens (tertiary/aromatic N) is 1. The molecule has 0 unspecified atom stereocenters. The molecular formula is C23H42NPTi. The van der Waals surface area contributed by atoms with E-state index in [1.54, 1.807) is 0 Å². The van der Waals surface area contributed by atoms with Crippen molar-refractivity contribution in [2.45, 2.75) is 68.7 Å². The third-order valence-corrected chi connectivity index (χ3v) is 8.86. The average Bonchev–Trinajstić information content (AvgIpc) is 3.05. The van der Waals surface area contributed by atoms with Crippen molar-refractivity contribution < 1.29 is 21.7 Å². The van der Waals surface area contributed by atoms with Crippen molar-refractivity contribution in [1.29, 1.82) is 0 Å². The summed E-state index contributed by atoms with van der Waals surface area (Å²) in [5, 5.41) is 0. The standard InChI is InChI=1S/C12H22.C11H20NP.Ti/c1-9(2)7-11(5)12(6)8-10(3)4;1-4-13(5-2,6-3)12-11-9-7-8-10-11;/h7-10H,1-6H3;7-9H,4-6,10H2,1-3H3;. The minimum absolute atomic E-state index is 0. The molecule has 1 aliphatic carbocycles. The molecule has 0 bridgehead atoms. The van der Waals surface area contributed by atoms with Crippen LogP contribution in [0.3, 0.4) is 0 Å². The second-order valence-electron chi connectivity index (χ2n) is 7.62. The first-order valence-electron chi connectivity index (χ1n) is 10.0. The van der Waals surface area contributed by atoms with Gasteiger partial charge in [0.25, 0.3) is 0 Å². The smallest absolute Gasteiger partial charge is 0.0425 e. The molecule has 1 rings (SSSR count). The van der Waals surface area contributed by atoms with Crippen molar-refractivity contribution in [3.05, 3.63) is 47.2 Å². The Morgan fingerprint density at radius 3 is 1.65 bits per heavy atom. The van der Waals surface area contributed by atoms with Gasteiger partial charge in [0.2, 0.25) is 0 Å². The van der Waals surface area contributed by atoms with Gasteiger partial charge in [0.1, 0.15) is 0 Å². The van der Waals surface area contributed by atoms with Crippen LogP contribution < -0.4 is 0 Å². The van der Waals surface area contributed by atoms with Crippen LogP contribution in [-0.4, -0.2) is 18.5 Å². The first kappa shape index (κ1) is 28.1. The predicted octanol–water partition coefficient (Wildman–Crippen LogP) is 8.28. The van der Waals surface area contributed by atoms with Crippen LogP contribution in [0.2, 0.25) is 0 Å². The molecule has 0 N–H and O–H groups in total. The van der Waals surface area contributed by atoms with E-state index < -0.39 is 7.05 Å². The van der Waals surface area contributed by atoms with E-state index in [0.29, 0.717) is 11.8 Å². The van der Waals surface area contributed by atoms with E-state index in [2.05, 4.69) is 92.7 Å². The van der Waals surface area contributed by atoms with Gasteiger partial charge in [-0.15, -0.1) is 0 Å². The van der Waals surface area contributed by atoms with Crippen molar-refractivity contribution in [2.24, 2.45) is 16.6 Å². The molecule has 0 aromatic heterocycles. The van der Waals surface area contributed by atoms with Crippen molar-refractivity contribution >= 4 is 7.05 Å². The Bertz CT molecular complexity index is 522. The fraction of sp³-hybridized carbons (Fsp3) is 0.652. The van der Waals surface area contributed by atoms with Gasteiger partial charge < -0.3 is 0 Å². The average molecular weight is 411 g/mol. The van der Waals surface area contributed by atoms with E-state index in [4.69, 9.17) is 4.74 Å². The molecule has 0 saturated carbocycles. The molecule has 26 heavy (non-hydrogen) atoms. The summed E-state index contributed by atoms with van der Waals surface area (Å²) in [6, 6.07) is 0. The summed E-state index contributed by atoms with van der Waals surface area (Å²) < 4.78 is 4.97. The van der Waals surface area contributed by atoms with Crippen LogP contribution >= 0.6 is 7.05 Å². The van der Waals surface area contributed by atoms with Gasteiger partial charge in [-0.05, 0) is 57.3 Å². The monoisotopic (exact) mass is 411 g/mol. The largest absolute Gasteiger partial charge is 0.272 e. The van der Waals surface area contributed by atoms with Crippen molar-refractivity contribution in [2.75, 3.05) is 18.5 Å². The molecule has 3 heteroatoms. The van der Waals surface area contributed by atoms with E-state index in [9.17, 15) is 0 Å². The Hall–Kier alpha value is -0.0957. The molecule has 1 nitrogen and oxygen atoms in total. The van der Waals surface area contributed by atoms with Crippen LogP contribution in [0.5, 0.6) is 0 Å². The Labute approximate surface area is 179 Å². The molecule has 148 valence electrons. The molecule has 0 aromatic rings. The van der Waals surface area contributed by atoms with Crippen LogP contribution in [0.25, 0.3) is 0 Å². The molecule has 0 aromatic carbocycles. The molecule has 1 aliphatic rings. The minimum atomic E-state index is -0.971. The zero-order chi connectivity index (χ0) is 19.5. The maximum Gasteiger partial charge on any atom is 0.0425 e. The maximum absolute atomic E-state index is 4.97. The Morgan fingerprint density at radius 2 is 1.38 bits per heavy atom. The summed E-state index contributed by atoms with van der Waals surface area (Å²) in [5.41, 5.74) is 4.14. The van der Waals surface area contributed by atoms with E-state index in [0.717, 1.165) is 6.42 Å². The van der Waals surface area contributed by atoms with Crippen molar-refractivity contribution in [1.82, 2.24) is 0 Å². The van der Waals surface area contributed by atoms with Crippen LogP contribution in [0, 0.1) is 11.8 Å². The van der Waals surface area contributed by atoms with E-state index >= 15 is 0 Å². The molecular weight excluding hydrogens is 369 g/mol. The number of allylic oxidation sites excluding steroid dienone is 7. The van der Waals surface area contributed by atoms with Gasteiger partial charge in [-0.25, -0.2) is 0 Å². The summed E-state index contributed by atoms with van der Waals surface area (Å²) in [6.07, 6.45) is 15.9. The molecule has 0 radical (unpaired) electrons. The first-order valence-corrected chi connectivity index (χ1v) is 12.3. The summed E-state index contributed by atoms with van der Waals surface area (Å²) >= 11 is 0. The first-order chi connectivity index (χ1) is 11.7. The number of hydrogen-bond donors (Lipinski definition) is 0. The van der Waals surface area contributed by atoms with Gasteiger partial charge in [-0.3, -0.25) is 4.74 Å². The van der Waals surface area contributed by atoms with Gasteiger partial charge in [0, 0.05) is 33.8 Å². The second-order valence-corrected chi connectivity index (χ2v) is 11.9. The quantitative estimate of drug-likeness (QED) is 0.227. The summed E-state index contributed by atoms with van der Waals surface area (Å²) in [5.74, 6) is 1.31. The van der Waals surface area contributed by atoms with Crippen molar-refractivity contribution in [3.8, 4) is 0 Å². The molecule has 0 saturated heterocycles. The number of hydrogen-bond acceptors (Lipinski definition) is 1. The van der Waals surface area contributed by atoms with E-state index in [1.165, 1.54) is 35.3 Å². The fourth-order valence-corrected chi connectivity index (χ4v) is 5.39. The van der Waals surface area contributed by atoms with E-state index in [-0.39, 0.29) is 21.7 Å². The Kier molecular flexibility index (Phi) is 16.1. The second kappa shape index (κ2) is 14.9.